The third-order valence-electron chi connectivity index (χ3n) is 2.25. The summed E-state index contributed by atoms with van der Waals surface area (Å²) < 4.78 is 5.28. The summed E-state index contributed by atoms with van der Waals surface area (Å²) in [6, 6.07) is 6.80. The SMILES string of the molecule is CCNC(=O)COc1ccc(NC(=O)CCN)cc1.Cl. The van der Waals surface area contributed by atoms with Gasteiger partial charge < -0.3 is 21.1 Å². The zero-order valence-electron chi connectivity index (χ0n) is 11.3. The lowest BCUT2D eigenvalue weighted by atomic mass is 10.3. The van der Waals surface area contributed by atoms with Gasteiger partial charge >= 0.3 is 0 Å². The molecule has 0 saturated heterocycles. The second kappa shape index (κ2) is 10.1. The van der Waals surface area contributed by atoms with Crippen LogP contribution in [0, 0.1) is 0 Å². The fourth-order valence-electron chi connectivity index (χ4n) is 1.39. The Hall–Kier alpha value is -1.79. The van der Waals surface area contributed by atoms with Gasteiger partial charge in [-0.15, -0.1) is 12.4 Å². The summed E-state index contributed by atoms with van der Waals surface area (Å²) in [5.41, 5.74) is 5.95. The maximum absolute atomic E-state index is 11.3. The van der Waals surface area contributed by atoms with Crippen LogP contribution in [0.1, 0.15) is 13.3 Å². The van der Waals surface area contributed by atoms with Gasteiger partial charge in [0.25, 0.3) is 5.91 Å². The van der Waals surface area contributed by atoms with E-state index in [1.807, 2.05) is 6.92 Å². The molecule has 0 bridgehead atoms. The highest BCUT2D eigenvalue weighted by molar-refractivity contribution is 5.90. The van der Waals surface area contributed by atoms with Crippen LogP contribution in [0.3, 0.4) is 0 Å². The zero-order chi connectivity index (χ0) is 14.1. The molecule has 2 amide bonds. The minimum absolute atomic E-state index is 0. The van der Waals surface area contributed by atoms with E-state index in [1.165, 1.54) is 0 Å². The highest BCUT2D eigenvalue weighted by atomic mass is 35.5. The van der Waals surface area contributed by atoms with Crippen molar-refractivity contribution >= 4 is 29.9 Å². The van der Waals surface area contributed by atoms with E-state index in [0.29, 0.717) is 24.5 Å². The highest BCUT2D eigenvalue weighted by Gasteiger charge is 2.03. The summed E-state index contributed by atoms with van der Waals surface area (Å²) in [6.07, 6.45) is 0.287. The molecule has 0 fully saturated rings. The van der Waals surface area contributed by atoms with Crippen molar-refractivity contribution in [3.63, 3.8) is 0 Å². The molecule has 1 rings (SSSR count). The standard InChI is InChI=1S/C13H19N3O3.ClH/c1-2-15-13(18)9-19-11-5-3-10(4-6-11)16-12(17)7-8-14;/h3-6H,2,7-9,14H2,1H3,(H,15,18)(H,16,17);1H. The molecule has 0 aliphatic rings. The fraction of sp³-hybridized carbons (Fsp3) is 0.385. The zero-order valence-corrected chi connectivity index (χ0v) is 12.2. The average Bonchev–Trinajstić information content (AvgIpc) is 2.38. The van der Waals surface area contributed by atoms with Gasteiger partial charge in [0.15, 0.2) is 6.61 Å². The van der Waals surface area contributed by atoms with Crippen LogP contribution >= 0.6 is 12.4 Å². The Morgan fingerprint density at radius 3 is 2.40 bits per heavy atom. The van der Waals surface area contributed by atoms with Crippen molar-refractivity contribution in [3.05, 3.63) is 24.3 Å². The lowest BCUT2D eigenvalue weighted by molar-refractivity contribution is -0.123. The first-order valence-corrected chi connectivity index (χ1v) is 6.15. The smallest absolute Gasteiger partial charge is 0.257 e. The van der Waals surface area contributed by atoms with Crippen LogP contribution < -0.4 is 21.1 Å². The van der Waals surface area contributed by atoms with Crippen molar-refractivity contribution in [2.24, 2.45) is 5.73 Å². The maximum Gasteiger partial charge on any atom is 0.257 e. The molecule has 7 heteroatoms. The predicted octanol–water partition coefficient (Wildman–Crippen LogP) is 0.911. The number of carbonyl (C=O) groups excluding carboxylic acids is 2. The number of amides is 2. The molecular formula is C13H20ClN3O3. The Morgan fingerprint density at radius 2 is 1.85 bits per heavy atom. The van der Waals surface area contributed by atoms with Gasteiger partial charge in [-0.2, -0.15) is 0 Å². The molecule has 20 heavy (non-hydrogen) atoms. The first-order valence-electron chi connectivity index (χ1n) is 6.15. The molecule has 112 valence electrons. The number of hydrogen-bond donors (Lipinski definition) is 3. The molecule has 0 heterocycles. The van der Waals surface area contributed by atoms with Crippen molar-refractivity contribution in [2.75, 3.05) is 25.0 Å². The summed E-state index contributed by atoms with van der Waals surface area (Å²) >= 11 is 0. The number of carbonyl (C=O) groups is 2. The van der Waals surface area contributed by atoms with Gasteiger partial charge in [0.2, 0.25) is 5.91 Å². The van der Waals surface area contributed by atoms with Gasteiger partial charge in [-0.05, 0) is 31.2 Å². The topological polar surface area (TPSA) is 93.5 Å². The molecule has 0 atom stereocenters. The van der Waals surface area contributed by atoms with Crippen molar-refractivity contribution in [1.82, 2.24) is 5.32 Å². The monoisotopic (exact) mass is 301 g/mol. The number of benzene rings is 1. The number of anilines is 1. The summed E-state index contributed by atoms with van der Waals surface area (Å²) in [5, 5.41) is 5.34. The predicted molar refractivity (Wildman–Crippen MR) is 80.2 cm³/mol. The third kappa shape index (κ3) is 6.96. The number of ether oxygens (including phenoxy) is 1. The van der Waals surface area contributed by atoms with Gasteiger partial charge in [-0.25, -0.2) is 0 Å². The molecule has 0 radical (unpaired) electrons. The van der Waals surface area contributed by atoms with Crippen LogP contribution in [0.2, 0.25) is 0 Å². The van der Waals surface area contributed by atoms with Crippen molar-refractivity contribution in [1.29, 1.82) is 0 Å². The summed E-state index contributed by atoms with van der Waals surface area (Å²) in [7, 11) is 0. The Balaban J connectivity index is 0.00000361. The molecule has 0 unspecified atom stereocenters. The van der Waals surface area contributed by atoms with Crippen LogP contribution in [0.25, 0.3) is 0 Å². The Kier molecular flexibility index (Phi) is 9.15. The average molecular weight is 302 g/mol. The largest absolute Gasteiger partial charge is 0.484 e. The molecular weight excluding hydrogens is 282 g/mol. The van der Waals surface area contributed by atoms with Gasteiger partial charge in [0.1, 0.15) is 5.75 Å². The van der Waals surface area contributed by atoms with Gasteiger partial charge in [0.05, 0.1) is 0 Å². The number of nitrogens with two attached hydrogens (primary N) is 1. The second-order valence-electron chi connectivity index (χ2n) is 3.85. The fourth-order valence-corrected chi connectivity index (χ4v) is 1.39. The van der Waals surface area contributed by atoms with E-state index < -0.39 is 0 Å². The van der Waals surface area contributed by atoms with E-state index in [0.717, 1.165) is 0 Å². The molecule has 0 spiro atoms. The van der Waals surface area contributed by atoms with Crippen molar-refractivity contribution in [3.8, 4) is 5.75 Å². The van der Waals surface area contributed by atoms with Crippen molar-refractivity contribution in [2.45, 2.75) is 13.3 Å². The number of halogens is 1. The molecule has 0 aliphatic heterocycles. The summed E-state index contributed by atoms with van der Waals surface area (Å²) in [5.74, 6) is 0.282. The quantitative estimate of drug-likeness (QED) is 0.698. The molecule has 1 aromatic carbocycles. The van der Waals surface area contributed by atoms with Crippen LogP contribution in [-0.2, 0) is 9.59 Å². The number of likely N-dealkylation sites (N-methyl/N-ethyl adjacent to an activating group) is 1. The first kappa shape index (κ1) is 18.2. The number of nitrogens with one attached hydrogen (secondary N) is 2. The van der Waals surface area contributed by atoms with Crippen LogP contribution in [-0.4, -0.2) is 31.5 Å². The van der Waals surface area contributed by atoms with Gasteiger partial charge in [0, 0.05) is 25.2 Å². The first-order chi connectivity index (χ1) is 9.15. The number of rotatable bonds is 7. The van der Waals surface area contributed by atoms with Crippen LogP contribution in [0.5, 0.6) is 5.75 Å². The second-order valence-corrected chi connectivity index (χ2v) is 3.85. The highest BCUT2D eigenvalue weighted by Crippen LogP contribution is 2.15. The van der Waals surface area contributed by atoms with E-state index in [9.17, 15) is 9.59 Å². The molecule has 1 aromatic rings. The molecule has 0 aromatic heterocycles. The lowest BCUT2D eigenvalue weighted by Gasteiger charge is -2.08. The van der Waals surface area contributed by atoms with E-state index in [-0.39, 0.29) is 37.2 Å². The summed E-state index contributed by atoms with van der Waals surface area (Å²) in [4.78, 5) is 22.5. The van der Waals surface area contributed by atoms with Gasteiger partial charge in [-0.1, -0.05) is 0 Å². The Morgan fingerprint density at radius 1 is 1.20 bits per heavy atom. The van der Waals surface area contributed by atoms with Gasteiger partial charge in [-0.3, -0.25) is 9.59 Å². The minimum Gasteiger partial charge on any atom is -0.484 e. The van der Waals surface area contributed by atoms with E-state index in [1.54, 1.807) is 24.3 Å². The maximum atomic E-state index is 11.3. The van der Waals surface area contributed by atoms with Crippen LogP contribution in [0.4, 0.5) is 5.69 Å². The lowest BCUT2D eigenvalue weighted by Crippen LogP contribution is -2.28. The molecule has 4 N–H and O–H groups in total. The normalized spacial score (nSPS) is 9.30. The minimum atomic E-state index is -0.164. The van der Waals surface area contributed by atoms with Crippen molar-refractivity contribution < 1.29 is 14.3 Å². The van der Waals surface area contributed by atoms with E-state index in [4.69, 9.17) is 10.5 Å². The number of hydrogen-bond acceptors (Lipinski definition) is 4. The molecule has 6 nitrogen and oxygen atoms in total. The third-order valence-corrected chi connectivity index (χ3v) is 2.25. The molecule has 0 aliphatic carbocycles. The Labute approximate surface area is 124 Å². The van der Waals surface area contributed by atoms with E-state index >= 15 is 0 Å². The van der Waals surface area contributed by atoms with E-state index in [2.05, 4.69) is 10.6 Å². The molecule has 0 saturated carbocycles. The van der Waals surface area contributed by atoms with Crippen LogP contribution in [0.15, 0.2) is 24.3 Å². The Bertz CT molecular complexity index is 423. The summed E-state index contributed by atoms with van der Waals surface area (Å²) in [6.45, 7) is 2.72.